The van der Waals surface area contributed by atoms with Crippen molar-refractivity contribution in [3.05, 3.63) is 60.2 Å². The molecule has 8 heteroatoms. The smallest absolute Gasteiger partial charge is 0.191 e. The fourth-order valence-corrected chi connectivity index (χ4v) is 3.52. The van der Waals surface area contributed by atoms with Gasteiger partial charge < -0.3 is 19.8 Å². The average Bonchev–Trinajstić information content (AvgIpc) is 3.41. The summed E-state index contributed by atoms with van der Waals surface area (Å²) in [4.78, 5) is 4.33. The lowest BCUT2D eigenvalue weighted by Gasteiger charge is -2.16. The van der Waals surface area contributed by atoms with Gasteiger partial charge in [-0.05, 0) is 44.5 Å². The Bertz CT molecular complexity index is 1180. The number of hydrogen-bond acceptors (Lipinski definition) is 5. The van der Waals surface area contributed by atoms with Crippen LogP contribution in [-0.2, 0) is 6.42 Å². The molecular weight excluding hydrogens is 392 g/mol. The Kier molecular flexibility index (Phi) is 6.35. The first-order valence-electron chi connectivity index (χ1n) is 10.6. The van der Waals surface area contributed by atoms with Crippen LogP contribution < -0.4 is 15.4 Å². The van der Waals surface area contributed by atoms with E-state index in [2.05, 4.69) is 25.8 Å². The van der Waals surface area contributed by atoms with Gasteiger partial charge in [0.15, 0.2) is 22.9 Å². The largest absolute Gasteiger partial charge is 0.490 e. The number of aryl methyl sites for hydroxylation is 1. The van der Waals surface area contributed by atoms with Crippen molar-refractivity contribution in [2.75, 3.05) is 20.2 Å². The number of rotatable bonds is 8. The Hall–Kier alpha value is -3.55. The molecule has 0 fully saturated rings. The first-order chi connectivity index (χ1) is 15.2. The Morgan fingerprint density at radius 3 is 2.97 bits per heavy atom. The zero-order chi connectivity index (χ0) is 21.6. The molecule has 31 heavy (non-hydrogen) atoms. The predicted octanol–water partition coefficient (Wildman–Crippen LogP) is 3.73. The van der Waals surface area contributed by atoms with Crippen LogP contribution in [0, 0.1) is 0 Å². The van der Waals surface area contributed by atoms with Crippen LogP contribution in [0.2, 0.25) is 0 Å². The van der Waals surface area contributed by atoms with E-state index in [4.69, 9.17) is 9.15 Å². The number of furan rings is 1. The van der Waals surface area contributed by atoms with Crippen LogP contribution in [-0.4, -0.2) is 40.8 Å². The van der Waals surface area contributed by atoms with Crippen LogP contribution in [0.25, 0.3) is 16.6 Å². The molecule has 1 atom stereocenters. The topological polar surface area (TPSA) is 89.0 Å². The van der Waals surface area contributed by atoms with E-state index in [0.29, 0.717) is 6.61 Å². The average molecular weight is 421 g/mol. The molecule has 0 amide bonds. The second-order valence-corrected chi connectivity index (χ2v) is 7.27. The van der Waals surface area contributed by atoms with Crippen LogP contribution in [0.4, 0.5) is 0 Å². The number of ether oxygens (including phenoxy) is 1. The lowest BCUT2D eigenvalue weighted by molar-refractivity contribution is 0.336. The molecule has 0 saturated carbocycles. The minimum Gasteiger partial charge on any atom is -0.490 e. The maximum atomic E-state index is 6.09. The highest BCUT2D eigenvalue weighted by molar-refractivity contribution is 5.84. The molecule has 8 nitrogen and oxygen atoms in total. The highest BCUT2D eigenvalue weighted by atomic mass is 16.5. The predicted molar refractivity (Wildman–Crippen MR) is 122 cm³/mol. The maximum Gasteiger partial charge on any atom is 0.191 e. The third kappa shape index (κ3) is 4.63. The minimum absolute atomic E-state index is 0.0477. The van der Waals surface area contributed by atoms with E-state index in [1.807, 2.05) is 66.9 Å². The number of hydrogen-bond donors (Lipinski definition) is 2. The zero-order valence-electron chi connectivity index (χ0n) is 18.1. The Morgan fingerprint density at radius 1 is 1.23 bits per heavy atom. The number of aliphatic imine (C=N–C) groups is 1. The molecule has 0 bridgehead atoms. The molecule has 3 heterocycles. The first kappa shape index (κ1) is 20.7. The van der Waals surface area contributed by atoms with E-state index in [1.54, 1.807) is 7.05 Å². The number of aromatic nitrogens is 3. The standard InChI is InChI=1S/C23H28N6O2/c1-4-30-18-10-7-9-17-15-19(31-22(17)18)16(2)26-23(24-3)25-13-8-12-21-28-27-20-11-5-6-14-29(20)21/h5-7,9-11,14-16H,4,8,12-13H2,1-3H3,(H2,24,25,26). The highest BCUT2D eigenvalue weighted by Gasteiger charge is 2.15. The van der Waals surface area contributed by atoms with Crippen LogP contribution in [0.1, 0.15) is 37.9 Å². The summed E-state index contributed by atoms with van der Waals surface area (Å²) in [5, 5.41) is 16.2. The van der Waals surface area contributed by atoms with Gasteiger partial charge in [0.1, 0.15) is 11.6 Å². The van der Waals surface area contributed by atoms with Crippen molar-refractivity contribution < 1.29 is 9.15 Å². The molecule has 1 unspecified atom stereocenters. The fraction of sp³-hybridized carbons (Fsp3) is 0.348. The van der Waals surface area contributed by atoms with Gasteiger partial charge in [-0.1, -0.05) is 18.2 Å². The molecule has 2 N–H and O–H groups in total. The number of pyridine rings is 1. The molecule has 4 rings (SSSR count). The molecular formula is C23H28N6O2. The molecule has 0 aliphatic rings. The summed E-state index contributed by atoms with van der Waals surface area (Å²) in [6.07, 6.45) is 3.73. The maximum absolute atomic E-state index is 6.09. The van der Waals surface area contributed by atoms with Crippen LogP contribution >= 0.6 is 0 Å². The second kappa shape index (κ2) is 9.51. The van der Waals surface area contributed by atoms with Gasteiger partial charge >= 0.3 is 0 Å². The van der Waals surface area contributed by atoms with Crippen molar-refractivity contribution in [1.82, 2.24) is 25.2 Å². The first-order valence-corrected chi connectivity index (χ1v) is 10.6. The molecule has 4 aromatic rings. The second-order valence-electron chi connectivity index (χ2n) is 7.27. The lowest BCUT2D eigenvalue weighted by Crippen LogP contribution is -2.39. The quantitative estimate of drug-likeness (QED) is 0.256. The van der Waals surface area contributed by atoms with E-state index >= 15 is 0 Å². The fourth-order valence-electron chi connectivity index (χ4n) is 3.52. The van der Waals surface area contributed by atoms with Gasteiger partial charge in [-0.2, -0.15) is 0 Å². The van der Waals surface area contributed by atoms with E-state index in [0.717, 1.165) is 59.3 Å². The minimum atomic E-state index is -0.0477. The normalized spacial score (nSPS) is 12.9. The molecule has 3 aromatic heterocycles. The van der Waals surface area contributed by atoms with Crippen molar-refractivity contribution in [3.8, 4) is 5.75 Å². The summed E-state index contributed by atoms with van der Waals surface area (Å²) in [5.41, 5.74) is 1.64. The number of guanidine groups is 1. The third-order valence-electron chi connectivity index (χ3n) is 5.08. The van der Waals surface area contributed by atoms with Crippen LogP contribution in [0.5, 0.6) is 5.75 Å². The molecule has 0 aliphatic heterocycles. The Balaban J connectivity index is 1.32. The summed E-state index contributed by atoms with van der Waals surface area (Å²) in [6.45, 7) is 5.38. The van der Waals surface area contributed by atoms with Gasteiger partial charge in [0, 0.05) is 31.6 Å². The van der Waals surface area contributed by atoms with E-state index in [-0.39, 0.29) is 6.04 Å². The molecule has 0 radical (unpaired) electrons. The molecule has 1 aromatic carbocycles. The van der Waals surface area contributed by atoms with Gasteiger partial charge in [-0.15, -0.1) is 10.2 Å². The van der Waals surface area contributed by atoms with E-state index in [9.17, 15) is 0 Å². The number of benzene rings is 1. The molecule has 0 saturated heterocycles. The summed E-state index contributed by atoms with van der Waals surface area (Å²) >= 11 is 0. The Labute approximate surface area is 181 Å². The Morgan fingerprint density at radius 2 is 2.13 bits per heavy atom. The van der Waals surface area contributed by atoms with Gasteiger partial charge in [0.2, 0.25) is 0 Å². The van der Waals surface area contributed by atoms with Gasteiger partial charge in [-0.25, -0.2) is 0 Å². The summed E-state index contributed by atoms with van der Waals surface area (Å²) in [7, 11) is 1.76. The van der Waals surface area contributed by atoms with Crippen LogP contribution in [0.15, 0.2) is 58.1 Å². The molecule has 162 valence electrons. The van der Waals surface area contributed by atoms with E-state index in [1.165, 1.54) is 0 Å². The number of para-hydroxylation sites is 1. The van der Waals surface area contributed by atoms with Gasteiger partial charge in [-0.3, -0.25) is 9.39 Å². The van der Waals surface area contributed by atoms with Crippen molar-refractivity contribution >= 4 is 22.6 Å². The zero-order valence-corrected chi connectivity index (χ0v) is 18.1. The number of fused-ring (bicyclic) bond motifs is 2. The summed E-state index contributed by atoms with van der Waals surface area (Å²) < 4.78 is 13.8. The summed E-state index contributed by atoms with van der Waals surface area (Å²) in [5.74, 6) is 3.28. The van der Waals surface area contributed by atoms with Crippen molar-refractivity contribution in [2.45, 2.75) is 32.7 Å². The summed E-state index contributed by atoms with van der Waals surface area (Å²) in [6, 6.07) is 13.8. The number of nitrogens with zero attached hydrogens (tertiary/aromatic N) is 4. The SMILES string of the molecule is CCOc1cccc2cc(C(C)NC(=NC)NCCCc3nnc4ccccn34)oc12. The molecule has 0 aliphatic carbocycles. The van der Waals surface area contributed by atoms with Gasteiger partial charge in [0.25, 0.3) is 0 Å². The monoisotopic (exact) mass is 420 g/mol. The van der Waals surface area contributed by atoms with Gasteiger partial charge in [0.05, 0.1) is 12.6 Å². The molecule has 0 spiro atoms. The van der Waals surface area contributed by atoms with Crippen molar-refractivity contribution in [3.63, 3.8) is 0 Å². The van der Waals surface area contributed by atoms with E-state index < -0.39 is 0 Å². The van der Waals surface area contributed by atoms with Crippen molar-refractivity contribution in [2.24, 2.45) is 4.99 Å². The number of nitrogens with one attached hydrogen (secondary N) is 2. The third-order valence-corrected chi connectivity index (χ3v) is 5.08. The van der Waals surface area contributed by atoms with Crippen molar-refractivity contribution in [1.29, 1.82) is 0 Å². The van der Waals surface area contributed by atoms with Crippen LogP contribution in [0.3, 0.4) is 0 Å². The lowest BCUT2D eigenvalue weighted by atomic mass is 10.2. The highest BCUT2D eigenvalue weighted by Crippen LogP contribution is 2.31.